The first-order valence-corrected chi connectivity index (χ1v) is 9.59. The standard InChI is InChI=1S/C20H25N3S/c1-5-19(15-6-8-18(24-4)9-7-15)22-14(2)16-10-17-12-23(3)13-20(17)21-11-16/h6-11,19,22H,2,5,12-13H2,1,3-4H3. The largest absolute Gasteiger partial charge is 0.378 e. The third kappa shape index (κ3) is 3.65. The van der Waals surface area contributed by atoms with Gasteiger partial charge in [-0.05, 0) is 49.1 Å². The second kappa shape index (κ2) is 7.41. The van der Waals surface area contributed by atoms with Crippen LogP contribution in [0.1, 0.15) is 41.8 Å². The Hall–Kier alpha value is -1.78. The SMILES string of the molecule is C=C(NC(CC)c1ccc(SC)cc1)c1cnc2c(c1)CN(C)C2. The zero-order valence-corrected chi connectivity index (χ0v) is 15.5. The first kappa shape index (κ1) is 17.1. The zero-order valence-electron chi connectivity index (χ0n) is 14.7. The normalized spacial score (nSPS) is 15.1. The Labute approximate surface area is 149 Å². The molecule has 0 fully saturated rings. The lowest BCUT2D eigenvalue weighted by Gasteiger charge is -2.21. The summed E-state index contributed by atoms with van der Waals surface area (Å²) >= 11 is 1.77. The first-order valence-electron chi connectivity index (χ1n) is 8.36. The van der Waals surface area contributed by atoms with Gasteiger partial charge in [0.2, 0.25) is 0 Å². The molecule has 0 saturated carbocycles. The maximum absolute atomic E-state index is 4.61. The molecule has 0 aliphatic carbocycles. The van der Waals surface area contributed by atoms with E-state index in [1.165, 1.54) is 21.7 Å². The molecule has 1 N–H and O–H groups in total. The van der Waals surface area contributed by atoms with Gasteiger partial charge in [0.15, 0.2) is 0 Å². The fraction of sp³-hybridized carbons (Fsp3) is 0.350. The highest BCUT2D eigenvalue weighted by atomic mass is 32.2. The van der Waals surface area contributed by atoms with Crippen LogP contribution in [0.2, 0.25) is 0 Å². The van der Waals surface area contributed by atoms with Crippen LogP contribution in [0.25, 0.3) is 5.70 Å². The predicted molar refractivity (Wildman–Crippen MR) is 103 cm³/mol. The molecule has 0 spiro atoms. The van der Waals surface area contributed by atoms with E-state index in [0.29, 0.717) is 0 Å². The number of fused-ring (bicyclic) bond motifs is 1. The Morgan fingerprint density at radius 3 is 2.75 bits per heavy atom. The van der Waals surface area contributed by atoms with Crippen LogP contribution in [0.4, 0.5) is 0 Å². The van der Waals surface area contributed by atoms with Gasteiger partial charge in [-0.15, -0.1) is 11.8 Å². The molecule has 0 radical (unpaired) electrons. The van der Waals surface area contributed by atoms with E-state index in [-0.39, 0.29) is 6.04 Å². The lowest BCUT2D eigenvalue weighted by Crippen LogP contribution is -2.19. The van der Waals surface area contributed by atoms with Crippen molar-refractivity contribution in [2.75, 3.05) is 13.3 Å². The molecule has 1 aromatic carbocycles. The summed E-state index contributed by atoms with van der Waals surface area (Å²) in [6.45, 7) is 8.35. The molecule has 2 aromatic rings. The molecule has 0 bridgehead atoms. The van der Waals surface area contributed by atoms with Crippen molar-refractivity contribution in [3.63, 3.8) is 0 Å². The Balaban J connectivity index is 1.73. The fourth-order valence-corrected chi connectivity index (χ4v) is 3.54. The van der Waals surface area contributed by atoms with Crippen molar-refractivity contribution in [3.05, 3.63) is 65.5 Å². The van der Waals surface area contributed by atoms with Gasteiger partial charge in [0.1, 0.15) is 0 Å². The molecule has 0 amide bonds. The van der Waals surface area contributed by atoms with Crippen molar-refractivity contribution in [1.29, 1.82) is 0 Å². The second-order valence-electron chi connectivity index (χ2n) is 6.36. The average Bonchev–Trinajstić information content (AvgIpc) is 2.98. The van der Waals surface area contributed by atoms with Crippen LogP contribution in [0, 0.1) is 0 Å². The van der Waals surface area contributed by atoms with Crippen LogP contribution in [0.3, 0.4) is 0 Å². The lowest BCUT2D eigenvalue weighted by molar-refractivity contribution is 0.351. The third-order valence-corrected chi connectivity index (χ3v) is 5.29. The Morgan fingerprint density at radius 1 is 1.33 bits per heavy atom. The number of nitrogens with one attached hydrogen (secondary N) is 1. The molecule has 3 nitrogen and oxygen atoms in total. The summed E-state index contributed by atoms with van der Waals surface area (Å²) in [5, 5.41) is 3.58. The summed E-state index contributed by atoms with van der Waals surface area (Å²) in [6, 6.07) is 11.3. The molecule has 1 aliphatic rings. The van der Waals surface area contributed by atoms with Crippen LogP contribution in [-0.4, -0.2) is 23.2 Å². The first-order chi connectivity index (χ1) is 11.6. The number of benzene rings is 1. The van der Waals surface area contributed by atoms with Crippen LogP contribution >= 0.6 is 11.8 Å². The van der Waals surface area contributed by atoms with E-state index < -0.39 is 0 Å². The highest BCUT2D eigenvalue weighted by molar-refractivity contribution is 7.98. The van der Waals surface area contributed by atoms with Crippen molar-refractivity contribution in [1.82, 2.24) is 15.2 Å². The summed E-state index contributed by atoms with van der Waals surface area (Å²) in [5.74, 6) is 0. The minimum Gasteiger partial charge on any atom is -0.378 e. The summed E-state index contributed by atoms with van der Waals surface area (Å²) in [6.07, 6.45) is 5.06. The molecule has 0 saturated heterocycles. The number of nitrogens with zero attached hydrogens (tertiary/aromatic N) is 2. The van der Waals surface area contributed by atoms with Gasteiger partial charge in [-0.25, -0.2) is 0 Å². The number of pyridine rings is 1. The molecule has 24 heavy (non-hydrogen) atoms. The average molecular weight is 340 g/mol. The Bertz CT molecular complexity index is 724. The van der Waals surface area contributed by atoms with E-state index in [1.807, 2.05) is 6.20 Å². The molecular formula is C20H25N3S. The van der Waals surface area contributed by atoms with E-state index in [4.69, 9.17) is 0 Å². The fourth-order valence-electron chi connectivity index (χ4n) is 3.14. The van der Waals surface area contributed by atoms with Crippen molar-refractivity contribution >= 4 is 17.5 Å². The smallest absolute Gasteiger partial charge is 0.0589 e. The maximum Gasteiger partial charge on any atom is 0.0589 e. The summed E-state index contributed by atoms with van der Waals surface area (Å²) in [4.78, 5) is 8.18. The Morgan fingerprint density at radius 2 is 2.08 bits per heavy atom. The van der Waals surface area contributed by atoms with Crippen LogP contribution in [-0.2, 0) is 13.1 Å². The summed E-state index contributed by atoms with van der Waals surface area (Å²) in [7, 11) is 2.12. The van der Waals surface area contributed by atoms with Gasteiger partial charge < -0.3 is 5.32 Å². The molecule has 3 rings (SSSR count). The predicted octanol–water partition coefficient (Wildman–Crippen LogP) is 4.46. The maximum atomic E-state index is 4.61. The van der Waals surface area contributed by atoms with Gasteiger partial charge >= 0.3 is 0 Å². The van der Waals surface area contributed by atoms with Gasteiger partial charge in [0, 0.05) is 35.4 Å². The number of hydrogen-bond donors (Lipinski definition) is 1. The molecule has 2 heterocycles. The molecule has 126 valence electrons. The van der Waals surface area contributed by atoms with E-state index in [0.717, 1.165) is 30.8 Å². The number of hydrogen-bond acceptors (Lipinski definition) is 4. The lowest BCUT2D eigenvalue weighted by atomic mass is 10.0. The molecular weight excluding hydrogens is 314 g/mol. The van der Waals surface area contributed by atoms with Crippen molar-refractivity contribution in [2.24, 2.45) is 0 Å². The van der Waals surface area contributed by atoms with Gasteiger partial charge in [0.25, 0.3) is 0 Å². The van der Waals surface area contributed by atoms with Crippen molar-refractivity contribution < 1.29 is 0 Å². The van der Waals surface area contributed by atoms with Crippen molar-refractivity contribution in [2.45, 2.75) is 37.4 Å². The summed E-state index contributed by atoms with van der Waals surface area (Å²) < 4.78 is 0. The van der Waals surface area contributed by atoms with Gasteiger partial charge in [0.05, 0.1) is 11.7 Å². The van der Waals surface area contributed by atoms with E-state index in [2.05, 4.69) is 72.3 Å². The Kier molecular flexibility index (Phi) is 5.27. The second-order valence-corrected chi connectivity index (χ2v) is 7.24. The van der Waals surface area contributed by atoms with Gasteiger partial charge in [-0.1, -0.05) is 25.6 Å². The van der Waals surface area contributed by atoms with E-state index >= 15 is 0 Å². The minimum absolute atomic E-state index is 0.268. The highest BCUT2D eigenvalue weighted by Crippen LogP contribution is 2.26. The molecule has 4 heteroatoms. The highest BCUT2D eigenvalue weighted by Gasteiger charge is 2.18. The van der Waals surface area contributed by atoms with Crippen LogP contribution in [0.5, 0.6) is 0 Å². The van der Waals surface area contributed by atoms with E-state index in [1.54, 1.807) is 11.8 Å². The van der Waals surface area contributed by atoms with E-state index in [9.17, 15) is 0 Å². The van der Waals surface area contributed by atoms with Gasteiger partial charge in [-0.3, -0.25) is 9.88 Å². The molecule has 1 atom stereocenters. The topological polar surface area (TPSA) is 28.2 Å². The number of rotatable bonds is 6. The minimum atomic E-state index is 0.268. The molecule has 1 aromatic heterocycles. The summed E-state index contributed by atoms with van der Waals surface area (Å²) in [5.41, 5.74) is 5.83. The van der Waals surface area contributed by atoms with Crippen LogP contribution in [0.15, 0.2) is 48.0 Å². The quantitative estimate of drug-likeness (QED) is 0.787. The third-order valence-electron chi connectivity index (χ3n) is 4.54. The zero-order chi connectivity index (χ0) is 17.1. The van der Waals surface area contributed by atoms with Gasteiger partial charge in [-0.2, -0.15) is 0 Å². The molecule has 1 aliphatic heterocycles. The number of thioether (sulfide) groups is 1. The molecule has 1 unspecified atom stereocenters. The monoisotopic (exact) mass is 339 g/mol. The van der Waals surface area contributed by atoms with Crippen molar-refractivity contribution in [3.8, 4) is 0 Å². The number of aromatic nitrogens is 1. The van der Waals surface area contributed by atoms with Crippen LogP contribution < -0.4 is 5.32 Å².